The summed E-state index contributed by atoms with van der Waals surface area (Å²) in [7, 11) is 1.30. The number of halogens is 3. The fraction of sp³-hybridized carbons (Fsp3) is 0.294. The first-order valence-corrected chi connectivity index (χ1v) is 8.18. The SMILES string of the molecule is Cn1ccnc1C(O)(CC(=O)Nc1ccn(Cc2cccnc2)n1)C(F)(F)F. The second-order valence-corrected chi connectivity index (χ2v) is 6.20. The maximum atomic E-state index is 13.5. The summed E-state index contributed by atoms with van der Waals surface area (Å²) in [5.74, 6) is -1.65. The van der Waals surface area contributed by atoms with E-state index in [9.17, 15) is 23.1 Å². The molecule has 1 amide bonds. The van der Waals surface area contributed by atoms with E-state index < -0.39 is 29.9 Å². The molecule has 11 heteroatoms. The summed E-state index contributed by atoms with van der Waals surface area (Å²) in [6.45, 7) is 0.378. The number of aryl methyl sites for hydroxylation is 1. The molecule has 0 bridgehead atoms. The Kier molecular flexibility index (Phi) is 5.18. The van der Waals surface area contributed by atoms with Crippen molar-refractivity contribution in [3.63, 3.8) is 0 Å². The molecule has 3 rings (SSSR count). The van der Waals surface area contributed by atoms with Crippen LogP contribution in [0.4, 0.5) is 19.0 Å². The van der Waals surface area contributed by atoms with Gasteiger partial charge in [-0.3, -0.25) is 14.5 Å². The smallest absolute Gasteiger partial charge is 0.374 e. The average Bonchev–Trinajstić information content (AvgIpc) is 3.23. The number of nitrogens with one attached hydrogen (secondary N) is 1. The Bertz CT molecular complexity index is 953. The van der Waals surface area contributed by atoms with E-state index in [2.05, 4.69) is 20.4 Å². The number of carbonyl (C=O) groups excluding carboxylic acids is 1. The van der Waals surface area contributed by atoms with E-state index in [1.54, 1.807) is 24.7 Å². The molecule has 0 aliphatic heterocycles. The molecule has 0 fully saturated rings. The van der Waals surface area contributed by atoms with Gasteiger partial charge in [0.2, 0.25) is 11.5 Å². The largest absolute Gasteiger partial charge is 0.425 e. The fourth-order valence-corrected chi connectivity index (χ4v) is 2.68. The Morgan fingerprint density at radius 1 is 1.25 bits per heavy atom. The van der Waals surface area contributed by atoms with Crippen molar-refractivity contribution in [2.75, 3.05) is 5.32 Å². The van der Waals surface area contributed by atoms with E-state index in [1.807, 2.05) is 6.07 Å². The molecule has 28 heavy (non-hydrogen) atoms. The Labute approximate surface area is 157 Å². The van der Waals surface area contributed by atoms with Crippen molar-refractivity contribution in [1.82, 2.24) is 24.3 Å². The second-order valence-electron chi connectivity index (χ2n) is 6.20. The number of rotatable bonds is 6. The fourth-order valence-electron chi connectivity index (χ4n) is 2.68. The summed E-state index contributed by atoms with van der Waals surface area (Å²) >= 11 is 0. The highest BCUT2D eigenvalue weighted by Crippen LogP contribution is 2.40. The van der Waals surface area contributed by atoms with Crippen LogP contribution in [-0.4, -0.2) is 41.5 Å². The lowest BCUT2D eigenvalue weighted by Crippen LogP contribution is -2.46. The maximum Gasteiger partial charge on any atom is 0.425 e. The van der Waals surface area contributed by atoms with Crippen molar-refractivity contribution in [3.05, 3.63) is 60.6 Å². The maximum absolute atomic E-state index is 13.5. The summed E-state index contributed by atoms with van der Waals surface area (Å²) in [5.41, 5.74) is -2.56. The van der Waals surface area contributed by atoms with Crippen molar-refractivity contribution in [2.24, 2.45) is 7.05 Å². The molecule has 0 spiro atoms. The van der Waals surface area contributed by atoms with Gasteiger partial charge in [-0.1, -0.05) is 6.07 Å². The first-order valence-electron chi connectivity index (χ1n) is 8.18. The third-order valence-electron chi connectivity index (χ3n) is 4.05. The molecule has 0 saturated carbocycles. The Balaban J connectivity index is 1.71. The number of pyridine rings is 1. The molecule has 3 heterocycles. The van der Waals surface area contributed by atoms with E-state index in [-0.39, 0.29) is 5.82 Å². The quantitative estimate of drug-likeness (QED) is 0.665. The normalized spacial score (nSPS) is 13.9. The van der Waals surface area contributed by atoms with Crippen molar-refractivity contribution >= 4 is 11.7 Å². The monoisotopic (exact) mass is 394 g/mol. The number of hydrogen-bond acceptors (Lipinski definition) is 5. The molecular weight excluding hydrogens is 377 g/mol. The number of alkyl halides is 3. The molecular formula is C17H17F3N6O2. The van der Waals surface area contributed by atoms with E-state index in [4.69, 9.17) is 0 Å². The molecule has 8 nitrogen and oxygen atoms in total. The van der Waals surface area contributed by atoms with Gasteiger partial charge >= 0.3 is 6.18 Å². The van der Waals surface area contributed by atoms with Crippen molar-refractivity contribution < 1.29 is 23.1 Å². The van der Waals surface area contributed by atoms with Crippen LogP contribution in [0, 0.1) is 0 Å². The topological polar surface area (TPSA) is 97.9 Å². The predicted octanol–water partition coefficient (Wildman–Crippen LogP) is 1.84. The minimum atomic E-state index is -5.09. The van der Waals surface area contributed by atoms with Gasteiger partial charge in [0.1, 0.15) is 0 Å². The van der Waals surface area contributed by atoms with Gasteiger partial charge in [0.15, 0.2) is 11.6 Å². The zero-order chi connectivity index (χ0) is 20.4. The zero-order valence-electron chi connectivity index (χ0n) is 14.8. The van der Waals surface area contributed by atoms with Gasteiger partial charge in [-0.2, -0.15) is 18.3 Å². The van der Waals surface area contributed by atoms with Crippen LogP contribution >= 0.6 is 0 Å². The summed E-state index contributed by atoms with van der Waals surface area (Å²) in [6.07, 6.45) is 0.864. The highest BCUT2D eigenvalue weighted by Gasteiger charge is 2.58. The summed E-state index contributed by atoms with van der Waals surface area (Å²) in [6, 6.07) is 5.04. The first-order chi connectivity index (χ1) is 13.2. The lowest BCUT2D eigenvalue weighted by Gasteiger charge is -2.29. The number of anilines is 1. The second kappa shape index (κ2) is 7.43. The van der Waals surface area contributed by atoms with Crippen molar-refractivity contribution in [2.45, 2.75) is 24.7 Å². The highest BCUT2D eigenvalue weighted by atomic mass is 19.4. The van der Waals surface area contributed by atoms with Crippen LogP contribution in [0.1, 0.15) is 17.8 Å². The molecule has 0 saturated heterocycles. The van der Waals surface area contributed by atoms with E-state index in [0.29, 0.717) is 6.54 Å². The minimum absolute atomic E-state index is 0.0678. The van der Waals surface area contributed by atoms with Crippen molar-refractivity contribution in [1.29, 1.82) is 0 Å². The standard InChI is InChI=1S/C17H17F3N6O2/c1-25-8-6-22-15(25)16(28,17(18,19)20)9-14(27)23-13-4-7-26(24-13)11-12-3-2-5-21-10-12/h2-8,10,28H,9,11H2,1H3,(H,23,24,27). The number of aromatic nitrogens is 5. The summed E-state index contributed by atoms with van der Waals surface area (Å²) in [5, 5.41) is 16.6. The number of amides is 1. The molecule has 0 aliphatic rings. The number of imidazole rings is 1. The highest BCUT2D eigenvalue weighted by molar-refractivity contribution is 5.90. The molecule has 148 valence electrons. The Morgan fingerprint density at radius 3 is 2.64 bits per heavy atom. The summed E-state index contributed by atoms with van der Waals surface area (Å²) in [4.78, 5) is 19.7. The van der Waals surface area contributed by atoms with Crippen LogP contribution < -0.4 is 5.32 Å². The van der Waals surface area contributed by atoms with Crippen LogP contribution in [0.3, 0.4) is 0 Å². The number of nitrogens with zero attached hydrogens (tertiary/aromatic N) is 5. The third kappa shape index (κ3) is 4.03. The first kappa shape index (κ1) is 19.5. The summed E-state index contributed by atoms with van der Waals surface area (Å²) < 4.78 is 43.0. The predicted molar refractivity (Wildman–Crippen MR) is 92.0 cm³/mol. The van der Waals surface area contributed by atoms with Gasteiger partial charge in [-0.05, 0) is 11.6 Å². The molecule has 3 aromatic rings. The van der Waals surface area contributed by atoms with Gasteiger partial charge < -0.3 is 15.0 Å². The van der Waals surface area contributed by atoms with E-state index in [1.165, 1.54) is 24.0 Å². The van der Waals surface area contributed by atoms with Gasteiger partial charge in [0.25, 0.3) is 0 Å². The van der Waals surface area contributed by atoms with E-state index in [0.717, 1.165) is 16.3 Å². The Hall–Kier alpha value is -3.21. The molecule has 1 unspecified atom stereocenters. The van der Waals surface area contributed by atoms with Crippen LogP contribution in [0.2, 0.25) is 0 Å². The average molecular weight is 394 g/mol. The Morgan fingerprint density at radius 2 is 2.04 bits per heavy atom. The van der Waals surface area contributed by atoms with Gasteiger partial charge in [0.05, 0.1) is 13.0 Å². The van der Waals surface area contributed by atoms with Crippen LogP contribution in [-0.2, 0) is 24.0 Å². The number of aliphatic hydroxyl groups is 1. The van der Waals surface area contributed by atoms with Gasteiger partial charge in [-0.15, -0.1) is 0 Å². The van der Waals surface area contributed by atoms with Crippen LogP contribution in [0.25, 0.3) is 0 Å². The van der Waals surface area contributed by atoms with Gasteiger partial charge in [-0.25, -0.2) is 4.98 Å². The number of hydrogen-bond donors (Lipinski definition) is 2. The molecule has 1 atom stereocenters. The van der Waals surface area contributed by atoms with Gasteiger partial charge in [0, 0.05) is 44.1 Å². The molecule has 0 radical (unpaired) electrons. The third-order valence-corrected chi connectivity index (χ3v) is 4.05. The minimum Gasteiger partial charge on any atom is -0.374 e. The lowest BCUT2D eigenvalue weighted by molar-refractivity contribution is -0.270. The van der Waals surface area contributed by atoms with Crippen molar-refractivity contribution in [3.8, 4) is 0 Å². The zero-order valence-corrected chi connectivity index (χ0v) is 14.8. The lowest BCUT2D eigenvalue weighted by atomic mass is 9.97. The number of carbonyl (C=O) groups is 1. The van der Waals surface area contributed by atoms with E-state index >= 15 is 0 Å². The molecule has 3 aromatic heterocycles. The van der Waals surface area contributed by atoms with Crippen LogP contribution in [0.5, 0.6) is 0 Å². The molecule has 0 aliphatic carbocycles. The molecule has 2 N–H and O–H groups in total. The molecule has 0 aromatic carbocycles. The van der Waals surface area contributed by atoms with Crippen LogP contribution in [0.15, 0.2) is 49.2 Å².